The van der Waals surface area contributed by atoms with Crippen LogP contribution in [0, 0.1) is 11.8 Å². The van der Waals surface area contributed by atoms with E-state index >= 15 is 0 Å². The molecule has 0 aromatic heterocycles. The van der Waals surface area contributed by atoms with Gasteiger partial charge in [-0.25, -0.2) is 4.99 Å². The van der Waals surface area contributed by atoms with Crippen LogP contribution in [-0.4, -0.2) is 53.6 Å². The molecule has 2 heterocycles. The fraction of sp³-hybridized carbons (Fsp3) is 0.640. The minimum Gasteiger partial charge on any atom is -0.486 e. The van der Waals surface area contributed by atoms with E-state index in [4.69, 9.17) is 38.4 Å². The molecule has 0 radical (unpaired) electrons. The third kappa shape index (κ3) is 5.54. The quantitative estimate of drug-likeness (QED) is 0.558. The number of amides is 2. The second kappa shape index (κ2) is 9.45. The van der Waals surface area contributed by atoms with E-state index in [1.165, 1.54) is 0 Å². The molecule has 0 spiro atoms. The van der Waals surface area contributed by atoms with Gasteiger partial charge in [0.25, 0.3) is 0 Å². The van der Waals surface area contributed by atoms with Gasteiger partial charge in [0.15, 0.2) is 5.96 Å². The Morgan fingerprint density at radius 3 is 2.71 bits per heavy atom. The van der Waals surface area contributed by atoms with Gasteiger partial charge in [-0.05, 0) is 58.6 Å². The van der Waals surface area contributed by atoms with Gasteiger partial charge in [-0.2, -0.15) is 0 Å². The molecule has 3 aliphatic rings. The van der Waals surface area contributed by atoms with Crippen LogP contribution in [0.25, 0.3) is 0 Å². The second-order valence-corrected chi connectivity index (χ2v) is 11.9. The zero-order valence-corrected chi connectivity index (χ0v) is 22.4. The Labute approximate surface area is 216 Å². The zero-order chi connectivity index (χ0) is 25.7. The number of rotatable bonds is 7. The largest absolute Gasteiger partial charge is 0.486 e. The Morgan fingerprint density at radius 2 is 2.06 bits per heavy atom. The van der Waals surface area contributed by atoms with Gasteiger partial charge in [0.05, 0.1) is 23.0 Å². The van der Waals surface area contributed by atoms with Crippen LogP contribution in [0.15, 0.2) is 17.1 Å². The van der Waals surface area contributed by atoms with Crippen molar-refractivity contribution in [2.75, 3.05) is 13.7 Å². The topological polar surface area (TPSA) is 106 Å². The molecule has 35 heavy (non-hydrogen) atoms. The summed E-state index contributed by atoms with van der Waals surface area (Å²) in [5.74, 6) is 0.355. The number of nitrogens with zero attached hydrogens (tertiary/aromatic N) is 2. The van der Waals surface area contributed by atoms with E-state index in [9.17, 15) is 9.59 Å². The molecule has 1 aliphatic carbocycles. The van der Waals surface area contributed by atoms with Crippen molar-refractivity contribution >= 4 is 41.0 Å². The number of benzene rings is 1. The van der Waals surface area contributed by atoms with Gasteiger partial charge in [-0.3, -0.25) is 14.5 Å². The number of nitrogens with one attached hydrogen (secondary N) is 1. The van der Waals surface area contributed by atoms with E-state index in [-0.39, 0.29) is 48.1 Å². The fourth-order valence-electron chi connectivity index (χ4n) is 5.33. The van der Waals surface area contributed by atoms with E-state index < -0.39 is 11.1 Å². The first-order valence-corrected chi connectivity index (χ1v) is 12.7. The number of ether oxygens (including phenoxy) is 2. The highest BCUT2D eigenvalue weighted by Gasteiger charge is 2.52. The first-order chi connectivity index (χ1) is 16.3. The number of carbonyl (C=O) groups is 2. The molecule has 0 bridgehead atoms. The predicted molar refractivity (Wildman–Crippen MR) is 136 cm³/mol. The van der Waals surface area contributed by atoms with Gasteiger partial charge >= 0.3 is 0 Å². The Bertz CT molecular complexity index is 1060. The van der Waals surface area contributed by atoms with Crippen molar-refractivity contribution in [2.45, 2.75) is 76.6 Å². The summed E-state index contributed by atoms with van der Waals surface area (Å²) in [6.07, 6.45) is 2.09. The second-order valence-electron chi connectivity index (χ2n) is 11.0. The summed E-state index contributed by atoms with van der Waals surface area (Å²) in [6, 6.07) is 2.89. The molecule has 1 aromatic rings. The van der Waals surface area contributed by atoms with Crippen molar-refractivity contribution < 1.29 is 19.1 Å². The predicted octanol–water partition coefficient (Wildman–Crippen LogP) is 4.08. The van der Waals surface area contributed by atoms with E-state index in [0.717, 1.165) is 5.56 Å². The molecule has 2 aliphatic heterocycles. The number of fused-ring (bicyclic) bond motifs is 1. The number of methoxy groups -OCH3 is 1. The molecule has 4 atom stereocenters. The molecule has 8 nitrogen and oxygen atoms in total. The van der Waals surface area contributed by atoms with Crippen LogP contribution in [0.3, 0.4) is 0 Å². The number of hydrogen-bond acceptors (Lipinski definition) is 6. The van der Waals surface area contributed by atoms with Gasteiger partial charge in [-0.15, -0.1) is 0 Å². The summed E-state index contributed by atoms with van der Waals surface area (Å²) in [7, 11) is 1.62. The van der Waals surface area contributed by atoms with E-state index in [2.05, 4.69) is 10.3 Å². The normalized spacial score (nSPS) is 27.4. The lowest BCUT2D eigenvalue weighted by Crippen LogP contribution is -2.55. The minimum absolute atomic E-state index is 0.0284. The van der Waals surface area contributed by atoms with Crippen LogP contribution in [0.5, 0.6) is 5.75 Å². The first-order valence-electron chi connectivity index (χ1n) is 12.0. The van der Waals surface area contributed by atoms with Crippen molar-refractivity contribution in [2.24, 2.45) is 22.6 Å². The molecular weight excluding hydrogens is 491 g/mol. The lowest BCUT2D eigenvalue weighted by atomic mass is 9.89. The first kappa shape index (κ1) is 26.0. The Balaban J connectivity index is 1.53. The highest BCUT2D eigenvalue weighted by molar-refractivity contribution is 6.35. The van der Waals surface area contributed by atoms with Crippen molar-refractivity contribution in [3.8, 4) is 5.75 Å². The van der Waals surface area contributed by atoms with Gasteiger partial charge in [0.2, 0.25) is 11.8 Å². The number of halogens is 2. The van der Waals surface area contributed by atoms with Crippen molar-refractivity contribution in [1.82, 2.24) is 10.2 Å². The van der Waals surface area contributed by atoms with Crippen molar-refractivity contribution in [3.63, 3.8) is 0 Å². The summed E-state index contributed by atoms with van der Waals surface area (Å²) in [5.41, 5.74) is 5.97. The van der Waals surface area contributed by atoms with Crippen LogP contribution >= 0.6 is 23.2 Å². The summed E-state index contributed by atoms with van der Waals surface area (Å²) >= 11 is 12.7. The van der Waals surface area contributed by atoms with Gasteiger partial charge in [0, 0.05) is 42.7 Å². The highest BCUT2D eigenvalue weighted by Crippen LogP contribution is 2.48. The smallest absolute Gasteiger partial charge is 0.231 e. The molecule has 2 amide bonds. The van der Waals surface area contributed by atoms with Crippen LogP contribution in [0.4, 0.5) is 0 Å². The van der Waals surface area contributed by atoms with Gasteiger partial charge < -0.3 is 20.5 Å². The molecule has 1 aromatic carbocycles. The van der Waals surface area contributed by atoms with Crippen LogP contribution < -0.4 is 15.8 Å². The van der Waals surface area contributed by atoms with Crippen LogP contribution in [-0.2, 0) is 14.3 Å². The average molecular weight is 525 g/mol. The van der Waals surface area contributed by atoms with Crippen LogP contribution in [0.2, 0.25) is 10.0 Å². The standard InChI is InChI=1S/C25H34Cl2N4O4/c1-24(2)12-20(32)31(23(28)30-24)19(6-7-34-5)14-10-15(14)22(33)29-18-11-25(3,4)35-21-16(18)8-13(26)9-17(21)27/h8-9,14-15,18-19H,6-7,10-12H2,1-5H3,(H2,28,30)(H,29,33)/t14-,15-,18?,19+/m0/s1. The summed E-state index contributed by atoms with van der Waals surface area (Å²) in [5, 5.41) is 4.10. The monoisotopic (exact) mass is 524 g/mol. The van der Waals surface area contributed by atoms with Gasteiger partial charge in [0.1, 0.15) is 11.4 Å². The molecule has 1 unspecified atom stereocenters. The molecule has 0 saturated heterocycles. The summed E-state index contributed by atoms with van der Waals surface area (Å²) in [4.78, 5) is 32.5. The lowest BCUT2D eigenvalue weighted by Gasteiger charge is -2.39. The van der Waals surface area contributed by atoms with E-state index in [1.807, 2.05) is 27.7 Å². The van der Waals surface area contributed by atoms with Crippen LogP contribution in [0.1, 0.15) is 65.0 Å². The maximum atomic E-state index is 13.4. The molecule has 4 rings (SSSR count). The molecule has 1 saturated carbocycles. The maximum absolute atomic E-state index is 13.4. The third-order valence-corrected chi connectivity index (χ3v) is 7.44. The number of aliphatic imine (C=N–C) groups is 1. The van der Waals surface area contributed by atoms with E-state index in [0.29, 0.717) is 41.7 Å². The summed E-state index contributed by atoms with van der Waals surface area (Å²) in [6.45, 7) is 8.16. The Kier molecular flexibility index (Phi) is 7.03. The number of carbonyl (C=O) groups excluding carboxylic acids is 2. The lowest BCUT2D eigenvalue weighted by molar-refractivity contribution is -0.132. The Morgan fingerprint density at radius 1 is 1.34 bits per heavy atom. The number of hydrogen-bond donors (Lipinski definition) is 2. The average Bonchev–Trinajstić information content (AvgIpc) is 3.50. The fourth-order valence-corrected chi connectivity index (χ4v) is 5.88. The van der Waals surface area contributed by atoms with Crippen molar-refractivity contribution in [1.29, 1.82) is 0 Å². The number of nitrogens with two attached hydrogens (primary N) is 1. The highest BCUT2D eigenvalue weighted by atomic mass is 35.5. The molecule has 3 N–H and O–H groups in total. The maximum Gasteiger partial charge on any atom is 0.231 e. The molecule has 192 valence electrons. The van der Waals surface area contributed by atoms with Gasteiger partial charge in [-0.1, -0.05) is 23.2 Å². The molecule has 10 heteroatoms. The number of guanidine groups is 1. The zero-order valence-electron chi connectivity index (χ0n) is 20.9. The van der Waals surface area contributed by atoms with E-state index in [1.54, 1.807) is 24.1 Å². The Hall–Kier alpha value is -2.03. The summed E-state index contributed by atoms with van der Waals surface area (Å²) < 4.78 is 11.4. The SMILES string of the molecule is COCC[C@H]([C@H]1C[C@@H]1C(=O)NC1CC(C)(C)Oc2c(Cl)cc(Cl)cc21)N1C(=O)CC(C)(C)N=C1N. The minimum atomic E-state index is -0.532. The molecular formula is C25H34Cl2N4O4. The van der Waals surface area contributed by atoms with Crippen molar-refractivity contribution in [3.05, 3.63) is 27.7 Å². The third-order valence-electron chi connectivity index (χ3n) is 6.94. The molecule has 1 fully saturated rings.